The van der Waals surface area contributed by atoms with E-state index >= 15 is 0 Å². The van der Waals surface area contributed by atoms with E-state index < -0.39 is 5.60 Å². The van der Waals surface area contributed by atoms with Crippen LogP contribution in [0.4, 0.5) is 0 Å². The van der Waals surface area contributed by atoms with Crippen LogP contribution in [0.25, 0.3) is 0 Å². The Morgan fingerprint density at radius 2 is 1.71 bits per heavy atom. The van der Waals surface area contributed by atoms with Crippen molar-refractivity contribution in [2.24, 2.45) is 46.3 Å². The first-order valence-corrected chi connectivity index (χ1v) is 15.6. The number of ether oxygens (including phenoxy) is 1. The normalized spacial score (nSPS) is 39.9. The first-order valence-electron chi connectivity index (χ1n) is 15.6. The first kappa shape index (κ1) is 27.9. The molecule has 0 amide bonds. The maximum atomic E-state index is 12.8. The van der Waals surface area contributed by atoms with Crippen LogP contribution in [0, 0.1) is 46.3 Å². The van der Waals surface area contributed by atoms with E-state index in [1.54, 1.807) is 5.57 Å². The third kappa shape index (κ3) is 5.02. The zero-order valence-corrected chi connectivity index (χ0v) is 24.8. The number of carbonyl (C=O) groups is 1. The molecule has 0 unspecified atom stereocenters. The summed E-state index contributed by atoms with van der Waals surface area (Å²) in [7, 11) is 0. The Kier molecular flexibility index (Phi) is 7.66. The summed E-state index contributed by atoms with van der Waals surface area (Å²) in [6, 6.07) is 9.42. The molecule has 1 aromatic carbocycles. The van der Waals surface area contributed by atoms with E-state index in [1.807, 2.05) is 37.3 Å². The molecule has 4 aliphatic rings. The van der Waals surface area contributed by atoms with E-state index in [9.17, 15) is 9.90 Å². The Bertz CT molecular complexity index is 1020. The highest BCUT2D eigenvalue weighted by Crippen LogP contribution is 2.67. The van der Waals surface area contributed by atoms with E-state index in [0.717, 1.165) is 55.8 Å². The summed E-state index contributed by atoms with van der Waals surface area (Å²) in [5, 5.41) is 10.8. The van der Waals surface area contributed by atoms with Gasteiger partial charge in [-0.25, -0.2) is 4.79 Å². The number of carbonyl (C=O) groups excluding carboxylic acids is 1. The zero-order valence-electron chi connectivity index (χ0n) is 24.8. The van der Waals surface area contributed by atoms with E-state index in [4.69, 9.17) is 4.74 Å². The highest BCUT2D eigenvalue weighted by molar-refractivity contribution is 5.89. The van der Waals surface area contributed by atoms with Crippen molar-refractivity contribution in [2.75, 3.05) is 0 Å². The summed E-state index contributed by atoms with van der Waals surface area (Å²) in [6.07, 6.45) is 14.2. The Morgan fingerprint density at radius 3 is 2.42 bits per heavy atom. The fourth-order valence-corrected chi connectivity index (χ4v) is 9.72. The Balaban J connectivity index is 1.24. The van der Waals surface area contributed by atoms with Gasteiger partial charge in [0, 0.05) is 0 Å². The summed E-state index contributed by atoms with van der Waals surface area (Å²) in [5.41, 5.74) is 2.42. The lowest BCUT2D eigenvalue weighted by atomic mass is 9.46. The molecule has 3 fully saturated rings. The van der Waals surface area contributed by atoms with Crippen LogP contribution in [0.1, 0.15) is 116 Å². The second-order valence-corrected chi connectivity index (χ2v) is 14.8. The molecule has 1 N–H and O–H groups in total. The molecular formula is C35H52O3. The molecule has 0 aromatic heterocycles. The van der Waals surface area contributed by atoms with Crippen LogP contribution in [-0.4, -0.2) is 22.8 Å². The molecule has 210 valence electrons. The summed E-state index contributed by atoms with van der Waals surface area (Å²) >= 11 is 0. The Labute approximate surface area is 231 Å². The lowest BCUT2D eigenvalue weighted by molar-refractivity contribution is -0.0711. The molecule has 9 atom stereocenters. The number of benzene rings is 1. The lowest BCUT2D eigenvalue weighted by Crippen LogP contribution is -2.52. The molecule has 4 aliphatic carbocycles. The average molecular weight is 521 g/mol. The number of allylic oxidation sites excluding steroid dienone is 1. The van der Waals surface area contributed by atoms with Gasteiger partial charge in [0.25, 0.3) is 0 Å². The number of aliphatic hydroxyl groups is 1. The molecule has 1 aromatic rings. The fraction of sp³-hybridized carbons (Fsp3) is 0.743. The van der Waals surface area contributed by atoms with Crippen LogP contribution in [-0.2, 0) is 4.74 Å². The van der Waals surface area contributed by atoms with Crippen LogP contribution in [0.5, 0.6) is 0 Å². The van der Waals surface area contributed by atoms with Crippen LogP contribution in [0.3, 0.4) is 0 Å². The third-order valence-corrected chi connectivity index (χ3v) is 12.1. The molecule has 5 rings (SSSR count). The van der Waals surface area contributed by atoms with E-state index in [2.05, 4.69) is 40.7 Å². The molecule has 3 nitrogen and oxygen atoms in total. The maximum Gasteiger partial charge on any atom is 0.338 e. The quantitative estimate of drug-likeness (QED) is 0.289. The second-order valence-electron chi connectivity index (χ2n) is 14.8. The van der Waals surface area contributed by atoms with Gasteiger partial charge in [0.05, 0.1) is 11.2 Å². The van der Waals surface area contributed by atoms with Gasteiger partial charge in [-0.15, -0.1) is 0 Å². The van der Waals surface area contributed by atoms with Gasteiger partial charge in [0.1, 0.15) is 6.10 Å². The van der Waals surface area contributed by atoms with Gasteiger partial charge in [0.15, 0.2) is 0 Å². The molecule has 3 heteroatoms. The zero-order chi connectivity index (χ0) is 27.3. The van der Waals surface area contributed by atoms with Gasteiger partial charge in [0.2, 0.25) is 0 Å². The second kappa shape index (κ2) is 10.4. The standard InChI is InChI=1S/C35H52O3/c1-23(2)31(38-32(36)25-10-8-7-9-11-25)17-12-24(3)28-15-16-29-27-14-13-26-22-33(4,37)20-21-34(26,5)30(27)18-19-35(28,29)6/h7-11,13,23-24,27-31,37H,12,14-22H2,1-6H3/t24-,27+,28-,29+,30+,31+,33+,34+,35-/m1/s1. The molecule has 0 saturated heterocycles. The minimum Gasteiger partial charge on any atom is -0.459 e. The molecule has 0 spiro atoms. The van der Waals surface area contributed by atoms with Crippen molar-refractivity contribution in [3.63, 3.8) is 0 Å². The van der Waals surface area contributed by atoms with Crippen molar-refractivity contribution in [1.82, 2.24) is 0 Å². The van der Waals surface area contributed by atoms with Gasteiger partial charge < -0.3 is 9.84 Å². The van der Waals surface area contributed by atoms with Crippen molar-refractivity contribution >= 4 is 5.97 Å². The summed E-state index contributed by atoms with van der Waals surface area (Å²) in [4.78, 5) is 12.8. The molecule has 3 saturated carbocycles. The monoisotopic (exact) mass is 520 g/mol. The first-order chi connectivity index (χ1) is 17.9. The number of hydrogen-bond acceptors (Lipinski definition) is 3. The van der Waals surface area contributed by atoms with E-state index in [0.29, 0.717) is 28.2 Å². The van der Waals surface area contributed by atoms with E-state index in [1.165, 1.54) is 32.1 Å². The Morgan fingerprint density at radius 1 is 0.974 bits per heavy atom. The van der Waals surface area contributed by atoms with Crippen molar-refractivity contribution in [1.29, 1.82) is 0 Å². The minimum absolute atomic E-state index is 0.0312. The molecule has 0 aliphatic heterocycles. The number of fused-ring (bicyclic) bond motifs is 5. The topological polar surface area (TPSA) is 46.5 Å². The van der Waals surface area contributed by atoms with Crippen LogP contribution in [0.2, 0.25) is 0 Å². The fourth-order valence-electron chi connectivity index (χ4n) is 9.72. The van der Waals surface area contributed by atoms with Crippen LogP contribution < -0.4 is 0 Å². The molecule has 0 bridgehead atoms. The van der Waals surface area contributed by atoms with Gasteiger partial charge in [-0.1, -0.05) is 64.5 Å². The van der Waals surface area contributed by atoms with Crippen molar-refractivity contribution in [2.45, 2.75) is 117 Å². The van der Waals surface area contributed by atoms with Crippen molar-refractivity contribution in [3.8, 4) is 0 Å². The number of rotatable bonds is 7. The number of esters is 1. The third-order valence-electron chi connectivity index (χ3n) is 12.1. The van der Waals surface area contributed by atoms with Gasteiger partial charge in [-0.2, -0.15) is 0 Å². The SMILES string of the molecule is CC(C)[C@H](CC[C@@H](C)[C@H]1CC[C@H]2[C@@H]3CC=C4C[C@@](C)(O)CC[C@]4(C)[C@H]3CC[C@]12C)OC(=O)c1ccccc1. The molecular weight excluding hydrogens is 468 g/mol. The van der Waals surface area contributed by atoms with Crippen LogP contribution >= 0.6 is 0 Å². The van der Waals surface area contributed by atoms with E-state index in [-0.39, 0.29) is 12.1 Å². The van der Waals surface area contributed by atoms with Crippen molar-refractivity contribution in [3.05, 3.63) is 47.5 Å². The minimum atomic E-state index is -0.515. The highest BCUT2D eigenvalue weighted by atomic mass is 16.5. The van der Waals surface area contributed by atoms with Crippen molar-refractivity contribution < 1.29 is 14.6 Å². The van der Waals surface area contributed by atoms with Gasteiger partial charge in [-0.3, -0.25) is 0 Å². The summed E-state index contributed by atoms with van der Waals surface area (Å²) in [5.74, 6) is 3.95. The largest absolute Gasteiger partial charge is 0.459 e. The number of hydrogen-bond donors (Lipinski definition) is 1. The molecule has 0 heterocycles. The van der Waals surface area contributed by atoms with Gasteiger partial charge in [-0.05, 0) is 130 Å². The smallest absolute Gasteiger partial charge is 0.338 e. The van der Waals surface area contributed by atoms with Gasteiger partial charge >= 0.3 is 5.97 Å². The van der Waals surface area contributed by atoms with Crippen LogP contribution in [0.15, 0.2) is 42.0 Å². The molecule has 38 heavy (non-hydrogen) atoms. The highest BCUT2D eigenvalue weighted by Gasteiger charge is 2.59. The average Bonchev–Trinajstić information content (AvgIpc) is 3.24. The predicted molar refractivity (Wildman–Crippen MR) is 155 cm³/mol. The summed E-state index contributed by atoms with van der Waals surface area (Å²) < 4.78 is 6.03. The maximum absolute atomic E-state index is 12.8. The molecule has 0 radical (unpaired) electrons. The predicted octanol–water partition coefficient (Wildman–Crippen LogP) is 8.61. The lowest BCUT2D eigenvalue weighted by Gasteiger charge is -2.59. The Hall–Kier alpha value is -1.61. The summed E-state index contributed by atoms with van der Waals surface area (Å²) in [6.45, 7) is 14.0.